The van der Waals surface area contributed by atoms with Crippen LogP contribution in [-0.4, -0.2) is 22.7 Å². The average Bonchev–Trinajstić information content (AvgIpc) is 2.70. The van der Waals surface area contributed by atoms with E-state index >= 15 is 0 Å². The topological polar surface area (TPSA) is 49.3 Å². The van der Waals surface area contributed by atoms with Crippen LogP contribution in [0.5, 0.6) is 0 Å². The molecular formula is C19H31NO2. The Morgan fingerprint density at radius 3 is 2.50 bits per heavy atom. The van der Waals surface area contributed by atoms with Crippen LogP contribution < -0.4 is 5.32 Å². The minimum atomic E-state index is -0.485. The van der Waals surface area contributed by atoms with Crippen LogP contribution >= 0.6 is 0 Å². The number of aliphatic hydroxyl groups is 1. The van der Waals surface area contributed by atoms with Gasteiger partial charge in [-0.15, -0.1) is 0 Å². The lowest BCUT2D eigenvalue weighted by atomic mass is 9.46. The molecule has 3 aliphatic carbocycles. The van der Waals surface area contributed by atoms with E-state index in [1.807, 2.05) is 0 Å². The van der Waals surface area contributed by atoms with Crippen molar-refractivity contribution >= 4 is 5.91 Å². The first-order valence-corrected chi connectivity index (χ1v) is 9.30. The molecule has 3 saturated carbocycles. The largest absolute Gasteiger partial charge is 0.390 e. The van der Waals surface area contributed by atoms with Gasteiger partial charge in [-0.1, -0.05) is 13.8 Å². The number of amides is 1. The van der Waals surface area contributed by atoms with Crippen molar-refractivity contribution in [2.24, 2.45) is 28.6 Å². The molecule has 4 rings (SSSR count). The van der Waals surface area contributed by atoms with E-state index in [0.29, 0.717) is 18.4 Å². The SMILES string of the molecule is CC1(O)CC[C@H]2[C@@H]3CCC4NC(=O)CC[C@]4(C)[C@@H]3CC[C@@]21C. The Bertz CT molecular complexity index is 502. The van der Waals surface area contributed by atoms with E-state index in [9.17, 15) is 9.90 Å². The lowest BCUT2D eigenvalue weighted by molar-refractivity contribution is -0.147. The van der Waals surface area contributed by atoms with Gasteiger partial charge in [0.05, 0.1) is 5.60 Å². The van der Waals surface area contributed by atoms with Gasteiger partial charge in [0.15, 0.2) is 0 Å². The van der Waals surface area contributed by atoms with E-state index in [4.69, 9.17) is 0 Å². The van der Waals surface area contributed by atoms with Gasteiger partial charge in [0, 0.05) is 12.5 Å². The van der Waals surface area contributed by atoms with Crippen LogP contribution in [0.3, 0.4) is 0 Å². The molecule has 0 aromatic carbocycles. The molecule has 0 bridgehead atoms. The van der Waals surface area contributed by atoms with Gasteiger partial charge < -0.3 is 10.4 Å². The van der Waals surface area contributed by atoms with E-state index in [1.54, 1.807) is 0 Å². The highest BCUT2D eigenvalue weighted by molar-refractivity contribution is 5.77. The molecule has 4 aliphatic rings. The molecule has 1 saturated heterocycles. The average molecular weight is 305 g/mol. The maximum Gasteiger partial charge on any atom is 0.220 e. The van der Waals surface area contributed by atoms with Gasteiger partial charge in [0.25, 0.3) is 0 Å². The Morgan fingerprint density at radius 2 is 1.73 bits per heavy atom. The molecule has 22 heavy (non-hydrogen) atoms. The Balaban J connectivity index is 1.65. The molecule has 1 heterocycles. The molecule has 0 aromatic rings. The maximum absolute atomic E-state index is 11.8. The second kappa shape index (κ2) is 4.49. The van der Waals surface area contributed by atoms with E-state index < -0.39 is 5.60 Å². The third-order valence-electron chi connectivity index (χ3n) is 8.66. The zero-order chi connectivity index (χ0) is 15.8. The zero-order valence-electron chi connectivity index (χ0n) is 14.3. The standard InChI is InChI=1S/C19H31NO2/c1-17-9-8-16(21)20-15(17)5-4-12-13(17)6-10-18(2)14(12)7-11-19(18,3)22/h12-15,22H,4-11H2,1-3H3,(H,20,21)/t12-,13-,14+,15?,17-,18+,19?/m1/s1. The molecule has 3 heteroatoms. The van der Waals surface area contributed by atoms with E-state index in [-0.39, 0.29) is 16.7 Å². The van der Waals surface area contributed by atoms with Crippen molar-refractivity contribution in [2.45, 2.75) is 83.8 Å². The summed E-state index contributed by atoms with van der Waals surface area (Å²) in [5.41, 5.74) is -0.0942. The van der Waals surface area contributed by atoms with Crippen LogP contribution in [0.2, 0.25) is 0 Å². The van der Waals surface area contributed by atoms with Crippen molar-refractivity contribution in [3.05, 3.63) is 0 Å². The number of carbonyl (C=O) groups is 1. The Labute approximate surface area is 134 Å². The number of hydrogen-bond donors (Lipinski definition) is 2. The van der Waals surface area contributed by atoms with Crippen molar-refractivity contribution in [2.75, 3.05) is 0 Å². The summed E-state index contributed by atoms with van der Waals surface area (Å²) in [5, 5.41) is 14.2. The summed E-state index contributed by atoms with van der Waals surface area (Å²) < 4.78 is 0. The predicted octanol–water partition coefficient (Wildman–Crippen LogP) is 3.26. The summed E-state index contributed by atoms with van der Waals surface area (Å²) in [7, 11) is 0. The summed E-state index contributed by atoms with van der Waals surface area (Å²) in [6, 6.07) is 0.390. The number of nitrogens with one attached hydrogen (secondary N) is 1. The maximum atomic E-state index is 11.8. The highest BCUT2D eigenvalue weighted by Crippen LogP contribution is 2.66. The summed E-state index contributed by atoms with van der Waals surface area (Å²) in [6.07, 6.45) is 8.69. The first-order valence-electron chi connectivity index (χ1n) is 9.30. The monoisotopic (exact) mass is 305 g/mol. The molecule has 1 amide bonds. The summed E-state index contributed by atoms with van der Waals surface area (Å²) in [4.78, 5) is 11.8. The fraction of sp³-hybridized carbons (Fsp3) is 0.947. The third kappa shape index (κ3) is 1.75. The van der Waals surface area contributed by atoms with Crippen molar-refractivity contribution in [3.8, 4) is 0 Å². The Hall–Kier alpha value is -0.570. The second-order valence-electron chi connectivity index (χ2n) is 9.35. The van der Waals surface area contributed by atoms with Crippen LogP contribution in [0.1, 0.15) is 72.1 Å². The molecule has 4 fully saturated rings. The fourth-order valence-corrected chi connectivity index (χ4v) is 6.95. The van der Waals surface area contributed by atoms with Crippen LogP contribution in [-0.2, 0) is 4.79 Å². The highest BCUT2D eigenvalue weighted by Gasteiger charge is 2.63. The Morgan fingerprint density at radius 1 is 1.00 bits per heavy atom. The number of carbonyl (C=O) groups excluding carboxylic acids is 1. The minimum absolute atomic E-state index is 0.106. The molecule has 2 unspecified atom stereocenters. The first-order chi connectivity index (χ1) is 10.3. The minimum Gasteiger partial charge on any atom is -0.390 e. The van der Waals surface area contributed by atoms with Crippen molar-refractivity contribution in [1.29, 1.82) is 0 Å². The van der Waals surface area contributed by atoms with Crippen LogP contribution in [0.15, 0.2) is 0 Å². The first kappa shape index (κ1) is 15.0. The lowest BCUT2D eigenvalue weighted by Gasteiger charge is -2.60. The van der Waals surface area contributed by atoms with Crippen LogP contribution in [0.25, 0.3) is 0 Å². The fourth-order valence-electron chi connectivity index (χ4n) is 6.95. The van der Waals surface area contributed by atoms with E-state index in [1.165, 1.54) is 19.3 Å². The molecule has 1 aliphatic heterocycles. The number of fused-ring (bicyclic) bond motifs is 5. The van der Waals surface area contributed by atoms with Gasteiger partial charge in [-0.25, -0.2) is 0 Å². The van der Waals surface area contributed by atoms with Gasteiger partial charge in [-0.05, 0) is 80.5 Å². The number of rotatable bonds is 0. The van der Waals surface area contributed by atoms with Crippen molar-refractivity contribution in [3.63, 3.8) is 0 Å². The quantitative estimate of drug-likeness (QED) is 0.721. The zero-order valence-corrected chi connectivity index (χ0v) is 14.3. The third-order valence-corrected chi connectivity index (χ3v) is 8.66. The molecule has 0 aromatic heterocycles. The number of hydrogen-bond acceptors (Lipinski definition) is 2. The highest BCUT2D eigenvalue weighted by atomic mass is 16.3. The Kier molecular flexibility index (Phi) is 3.06. The summed E-state index contributed by atoms with van der Waals surface area (Å²) in [5.74, 6) is 2.42. The van der Waals surface area contributed by atoms with E-state index in [0.717, 1.165) is 37.5 Å². The van der Waals surface area contributed by atoms with Crippen LogP contribution in [0, 0.1) is 28.6 Å². The molecule has 2 N–H and O–H groups in total. The molecule has 3 nitrogen and oxygen atoms in total. The predicted molar refractivity (Wildman–Crippen MR) is 86.2 cm³/mol. The van der Waals surface area contributed by atoms with Gasteiger partial charge in [-0.3, -0.25) is 4.79 Å². The molecule has 124 valence electrons. The normalized spacial score (nSPS) is 57.5. The second-order valence-corrected chi connectivity index (χ2v) is 9.35. The van der Waals surface area contributed by atoms with Gasteiger partial charge in [0.1, 0.15) is 0 Å². The molecule has 0 radical (unpaired) electrons. The van der Waals surface area contributed by atoms with E-state index in [2.05, 4.69) is 26.1 Å². The van der Waals surface area contributed by atoms with Gasteiger partial charge in [-0.2, -0.15) is 0 Å². The smallest absolute Gasteiger partial charge is 0.220 e. The van der Waals surface area contributed by atoms with Gasteiger partial charge >= 0.3 is 0 Å². The molecular weight excluding hydrogens is 274 g/mol. The van der Waals surface area contributed by atoms with Crippen molar-refractivity contribution in [1.82, 2.24) is 5.32 Å². The molecule has 0 spiro atoms. The van der Waals surface area contributed by atoms with Crippen LogP contribution in [0.4, 0.5) is 0 Å². The van der Waals surface area contributed by atoms with Crippen molar-refractivity contribution < 1.29 is 9.90 Å². The number of piperidine rings is 1. The molecule has 7 atom stereocenters. The van der Waals surface area contributed by atoms with Gasteiger partial charge in [0.2, 0.25) is 5.91 Å². The summed E-state index contributed by atoms with van der Waals surface area (Å²) >= 11 is 0. The lowest BCUT2D eigenvalue weighted by Crippen LogP contribution is -2.61. The summed E-state index contributed by atoms with van der Waals surface area (Å²) in [6.45, 7) is 6.85.